The van der Waals surface area contributed by atoms with Gasteiger partial charge in [-0.3, -0.25) is 19.3 Å². The number of piperidine rings is 1. The Morgan fingerprint density at radius 3 is 2.61 bits per heavy atom. The summed E-state index contributed by atoms with van der Waals surface area (Å²) in [5.74, 6) is 1.17. The van der Waals surface area contributed by atoms with E-state index in [1.54, 1.807) is 18.2 Å². The summed E-state index contributed by atoms with van der Waals surface area (Å²) in [6.45, 7) is 9.44. The van der Waals surface area contributed by atoms with Crippen LogP contribution in [0.1, 0.15) is 48.8 Å². The molecule has 0 bridgehead atoms. The van der Waals surface area contributed by atoms with Crippen LogP contribution in [-0.4, -0.2) is 49.6 Å². The molecule has 1 saturated heterocycles. The first-order chi connectivity index (χ1) is 14.6. The second-order valence-corrected chi connectivity index (χ2v) is 11.9. The molecule has 1 fully saturated rings. The van der Waals surface area contributed by atoms with Gasteiger partial charge in [-0.1, -0.05) is 13.8 Å². The first kappa shape index (κ1) is 22.2. The van der Waals surface area contributed by atoms with Crippen LogP contribution in [0.2, 0.25) is 0 Å². The Hall–Kier alpha value is -1.97. The molecule has 31 heavy (non-hydrogen) atoms. The number of sulfonamides is 1. The normalized spacial score (nSPS) is 24.3. The maximum absolute atomic E-state index is 12.8. The lowest BCUT2D eigenvalue weighted by atomic mass is 9.92. The highest BCUT2D eigenvalue weighted by molar-refractivity contribution is 7.92. The van der Waals surface area contributed by atoms with Crippen LogP contribution in [0.5, 0.6) is 0 Å². The van der Waals surface area contributed by atoms with Crippen molar-refractivity contribution < 1.29 is 13.2 Å². The number of nitrogens with one attached hydrogen (secondary N) is 1. The molecule has 3 atom stereocenters. The van der Waals surface area contributed by atoms with Gasteiger partial charge in [0.05, 0.1) is 17.6 Å². The van der Waals surface area contributed by atoms with E-state index in [-0.39, 0.29) is 11.9 Å². The van der Waals surface area contributed by atoms with Crippen molar-refractivity contribution in [2.45, 2.75) is 46.2 Å². The van der Waals surface area contributed by atoms with Crippen molar-refractivity contribution in [2.24, 2.45) is 11.8 Å². The number of fused-ring (bicyclic) bond motifs is 1. The molecule has 4 rings (SSSR count). The molecule has 2 aliphatic heterocycles. The lowest BCUT2D eigenvalue weighted by Gasteiger charge is -2.34. The van der Waals surface area contributed by atoms with E-state index in [0.29, 0.717) is 34.6 Å². The van der Waals surface area contributed by atoms with Crippen molar-refractivity contribution in [3.63, 3.8) is 0 Å². The van der Waals surface area contributed by atoms with Crippen LogP contribution in [0.15, 0.2) is 23.6 Å². The van der Waals surface area contributed by atoms with E-state index in [4.69, 9.17) is 0 Å². The molecule has 1 aromatic carbocycles. The number of carbonyl (C=O) groups is 1. The third-order valence-corrected chi connectivity index (χ3v) is 8.03. The fourth-order valence-corrected chi connectivity index (χ4v) is 6.97. The minimum Gasteiger partial charge on any atom is -0.298 e. The van der Waals surface area contributed by atoms with Crippen molar-refractivity contribution >= 4 is 38.1 Å². The molecule has 1 N–H and O–H groups in total. The van der Waals surface area contributed by atoms with Gasteiger partial charge in [0.25, 0.3) is 5.91 Å². The van der Waals surface area contributed by atoms with Gasteiger partial charge >= 0.3 is 0 Å². The summed E-state index contributed by atoms with van der Waals surface area (Å²) >= 11 is 1.44. The summed E-state index contributed by atoms with van der Waals surface area (Å²) in [7, 11) is -3.34. The smallest absolute Gasteiger partial charge is 0.257 e. The maximum atomic E-state index is 12.8. The highest BCUT2D eigenvalue weighted by Gasteiger charge is 2.33. The molecule has 168 valence electrons. The molecule has 7 nitrogen and oxygen atoms in total. The van der Waals surface area contributed by atoms with E-state index in [1.807, 2.05) is 12.3 Å². The van der Waals surface area contributed by atoms with Gasteiger partial charge in [-0.15, -0.1) is 11.3 Å². The van der Waals surface area contributed by atoms with Crippen LogP contribution in [-0.2, 0) is 23.0 Å². The van der Waals surface area contributed by atoms with Gasteiger partial charge in [0.15, 0.2) is 5.13 Å². The number of carbonyl (C=O) groups excluding carboxylic acids is 1. The quantitative estimate of drug-likeness (QED) is 0.734. The average Bonchev–Trinajstić information content (AvgIpc) is 3.22. The fourth-order valence-electron chi connectivity index (χ4n) is 5.01. The Kier molecular flexibility index (Phi) is 6.11. The van der Waals surface area contributed by atoms with E-state index < -0.39 is 10.0 Å². The molecule has 1 aromatic heterocycles. The van der Waals surface area contributed by atoms with Crippen LogP contribution >= 0.6 is 11.3 Å². The second-order valence-electron chi connectivity index (χ2n) is 9.19. The number of aromatic nitrogens is 1. The molecule has 2 aliphatic rings. The Balaban J connectivity index is 1.42. The molecule has 9 heteroatoms. The monoisotopic (exact) mass is 462 g/mol. The zero-order valence-electron chi connectivity index (χ0n) is 18.5. The van der Waals surface area contributed by atoms with Crippen LogP contribution in [0, 0.1) is 11.8 Å². The van der Waals surface area contributed by atoms with Gasteiger partial charge in [0.2, 0.25) is 10.0 Å². The topological polar surface area (TPSA) is 82.6 Å². The number of anilines is 2. The number of rotatable bonds is 5. The molecular weight excluding hydrogens is 432 g/mol. The minimum atomic E-state index is -3.34. The van der Waals surface area contributed by atoms with Crippen LogP contribution in [0.3, 0.4) is 0 Å². The molecule has 0 aliphatic carbocycles. The standard InChI is InChI=1S/C22H30N4O3S2/c1-14-7-15(2)11-25(10-14)12-19-13-30-22(23-19)24-21(27)17-5-6-20-18(9-17)8-16(3)26(20)31(4,28)29/h5-6,9,13-16H,7-8,10-12H2,1-4H3,(H,23,24,27). The minimum absolute atomic E-state index is 0.148. The molecule has 0 saturated carbocycles. The summed E-state index contributed by atoms with van der Waals surface area (Å²) < 4.78 is 25.6. The SMILES string of the molecule is CC1CC(C)CN(Cc2csc(NC(=O)c3ccc4c(c3)CC(C)N4S(C)(=O)=O)n2)C1. The number of benzene rings is 1. The van der Waals surface area contributed by atoms with Gasteiger partial charge < -0.3 is 0 Å². The number of likely N-dealkylation sites (tertiary alicyclic amines) is 1. The maximum Gasteiger partial charge on any atom is 0.257 e. The average molecular weight is 463 g/mol. The fraction of sp³-hybridized carbons (Fsp3) is 0.545. The first-order valence-corrected chi connectivity index (χ1v) is 13.4. The molecule has 2 aromatic rings. The van der Waals surface area contributed by atoms with Crippen molar-refractivity contribution in [2.75, 3.05) is 29.0 Å². The third-order valence-electron chi connectivity index (χ3n) is 5.95. The second kappa shape index (κ2) is 8.52. The van der Waals surface area contributed by atoms with Crippen molar-refractivity contribution in [3.8, 4) is 0 Å². The highest BCUT2D eigenvalue weighted by Crippen LogP contribution is 2.35. The molecule has 0 spiro atoms. The van der Waals surface area contributed by atoms with E-state index in [0.717, 1.165) is 30.9 Å². The molecular formula is C22H30N4O3S2. The van der Waals surface area contributed by atoms with Gasteiger partial charge in [-0.2, -0.15) is 0 Å². The lowest BCUT2D eigenvalue weighted by Crippen LogP contribution is -2.38. The van der Waals surface area contributed by atoms with Crippen molar-refractivity contribution in [3.05, 3.63) is 40.4 Å². The molecule has 0 radical (unpaired) electrons. The Bertz CT molecular complexity index is 1070. The van der Waals surface area contributed by atoms with Gasteiger partial charge in [0, 0.05) is 36.6 Å². The Morgan fingerprint density at radius 1 is 1.23 bits per heavy atom. The van der Waals surface area contributed by atoms with Crippen molar-refractivity contribution in [1.29, 1.82) is 0 Å². The predicted octanol–water partition coefficient (Wildman–Crippen LogP) is 3.58. The lowest BCUT2D eigenvalue weighted by molar-refractivity contribution is 0.102. The first-order valence-electron chi connectivity index (χ1n) is 10.7. The van der Waals surface area contributed by atoms with Crippen LogP contribution in [0.4, 0.5) is 10.8 Å². The number of hydrogen-bond donors (Lipinski definition) is 1. The zero-order valence-corrected chi connectivity index (χ0v) is 20.1. The molecule has 3 unspecified atom stereocenters. The number of nitrogens with zero attached hydrogens (tertiary/aromatic N) is 3. The Morgan fingerprint density at radius 2 is 1.94 bits per heavy atom. The predicted molar refractivity (Wildman–Crippen MR) is 125 cm³/mol. The van der Waals surface area contributed by atoms with Gasteiger partial charge in [0.1, 0.15) is 0 Å². The molecule has 1 amide bonds. The summed E-state index contributed by atoms with van der Waals surface area (Å²) in [6.07, 6.45) is 3.08. The Labute approximate surface area is 188 Å². The van der Waals surface area contributed by atoms with Crippen LogP contribution < -0.4 is 9.62 Å². The van der Waals surface area contributed by atoms with E-state index >= 15 is 0 Å². The van der Waals surface area contributed by atoms with E-state index in [9.17, 15) is 13.2 Å². The van der Waals surface area contributed by atoms with Gasteiger partial charge in [-0.05, 0) is 55.4 Å². The van der Waals surface area contributed by atoms with E-state index in [1.165, 1.54) is 28.3 Å². The number of thiazole rings is 1. The summed E-state index contributed by atoms with van der Waals surface area (Å²) in [5.41, 5.74) is 3.02. The summed E-state index contributed by atoms with van der Waals surface area (Å²) in [4.78, 5) is 19.8. The summed E-state index contributed by atoms with van der Waals surface area (Å²) in [5, 5.41) is 5.49. The highest BCUT2D eigenvalue weighted by atomic mass is 32.2. The zero-order chi connectivity index (χ0) is 22.3. The van der Waals surface area contributed by atoms with E-state index in [2.05, 4.69) is 29.0 Å². The number of hydrogen-bond acceptors (Lipinski definition) is 6. The van der Waals surface area contributed by atoms with Gasteiger partial charge in [-0.25, -0.2) is 13.4 Å². The molecule has 3 heterocycles. The number of amides is 1. The third kappa shape index (κ3) is 4.94. The van der Waals surface area contributed by atoms with Crippen LogP contribution in [0.25, 0.3) is 0 Å². The largest absolute Gasteiger partial charge is 0.298 e. The van der Waals surface area contributed by atoms with Crippen molar-refractivity contribution in [1.82, 2.24) is 9.88 Å². The summed E-state index contributed by atoms with van der Waals surface area (Å²) in [6, 6.07) is 5.04.